The molecule has 3 fully saturated rings. The van der Waals surface area contributed by atoms with E-state index in [-0.39, 0.29) is 23.4 Å². The number of rotatable bonds is 10. The minimum absolute atomic E-state index is 0.0606. The van der Waals surface area contributed by atoms with E-state index in [4.69, 9.17) is 4.74 Å². The standard InChI is InChI=1S/C30H45FN2O3/c1-2-36-28-13-5-23(6-14-28)21-29(34)32-27-11-3-22(4-12-27)15-18-33-19-16-25(17-20-33)30(35)24-7-9-26(31)10-8-24/h7-10,22-23,25,27-28H,2-6,11-21H2,1H3,(H,32,34)/t22-,23-,27-,28-. The van der Waals surface area contributed by atoms with E-state index in [2.05, 4.69) is 17.1 Å². The largest absolute Gasteiger partial charge is 0.379 e. The summed E-state index contributed by atoms with van der Waals surface area (Å²) in [6.07, 6.45) is 13.1. The van der Waals surface area contributed by atoms with Crippen LogP contribution in [0.5, 0.6) is 0 Å². The highest BCUT2D eigenvalue weighted by Gasteiger charge is 2.28. The molecule has 1 heterocycles. The molecule has 2 aliphatic carbocycles. The van der Waals surface area contributed by atoms with Crippen LogP contribution in [0.1, 0.15) is 94.3 Å². The van der Waals surface area contributed by atoms with E-state index < -0.39 is 0 Å². The smallest absolute Gasteiger partial charge is 0.220 e. The monoisotopic (exact) mass is 500 g/mol. The van der Waals surface area contributed by atoms with Gasteiger partial charge in [0.2, 0.25) is 5.91 Å². The number of benzene rings is 1. The first kappa shape index (κ1) is 27.3. The number of ketones is 1. The van der Waals surface area contributed by atoms with E-state index in [9.17, 15) is 14.0 Å². The molecule has 2 saturated carbocycles. The first-order chi connectivity index (χ1) is 17.5. The summed E-state index contributed by atoms with van der Waals surface area (Å²) >= 11 is 0. The number of amides is 1. The molecule has 0 aromatic heterocycles. The Morgan fingerprint density at radius 1 is 0.917 bits per heavy atom. The number of halogens is 1. The fourth-order valence-electron chi connectivity index (χ4n) is 6.52. The van der Waals surface area contributed by atoms with Crippen LogP contribution in [0.2, 0.25) is 0 Å². The van der Waals surface area contributed by atoms with Crippen molar-refractivity contribution in [2.24, 2.45) is 17.8 Å². The summed E-state index contributed by atoms with van der Waals surface area (Å²) in [4.78, 5) is 27.8. The average Bonchev–Trinajstić information content (AvgIpc) is 2.90. The van der Waals surface area contributed by atoms with E-state index in [1.807, 2.05) is 0 Å². The number of nitrogens with one attached hydrogen (secondary N) is 1. The van der Waals surface area contributed by atoms with Gasteiger partial charge in [0.25, 0.3) is 0 Å². The van der Waals surface area contributed by atoms with Gasteiger partial charge in [-0.2, -0.15) is 0 Å². The second-order valence-electron chi connectivity index (χ2n) is 11.4. The lowest BCUT2D eigenvalue weighted by molar-refractivity contribution is -0.123. The van der Waals surface area contributed by atoms with Crippen LogP contribution in [-0.2, 0) is 9.53 Å². The molecular weight excluding hydrogens is 455 g/mol. The number of hydrogen-bond donors (Lipinski definition) is 1. The van der Waals surface area contributed by atoms with E-state index in [1.165, 1.54) is 31.4 Å². The zero-order valence-corrected chi connectivity index (χ0v) is 22.1. The summed E-state index contributed by atoms with van der Waals surface area (Å²) in [5, 5.41) is 3.33. The van der Waals surface area contributed by atoms with Gasteiger partial charge in [0.1, 0.15) is 5.82 Å². The predicted molar refractivity (Wildman–Crippen MR) is 140 cm³/mol. The van der Waals surface area contributed by atoms with E-state index in [0.29, 0.717) is 30.0 Å². The van der Waals surface area contributed by atoms with Gasteiger partial charge in [-0.15, -0.1) is 0 Å². The Morgan fingerprint density at radius 3 is 2.19 bits per heavy atom. The molecule has 200 valence electrons. The highest BCUT2D eigenvalue weighted by atomic mass is 19.1. The molecule has 1 N–H and O–H groups in total. The zero-order chi connectivity index (χ0) is 25.3. The lowest BCUT2D eigenvalue weighted by Crippen LogP contribution is -2.40. The molecule has 1 aromatic rings. The third kappa shape index (κ3) is 8.11. The minimum atomic E-state index is -0.298. The molecule has 1 amide bonds. The van der Waals surface area contributed by atoms with Gasteiger partial charge in [-0.3, -0.25) is 9.59 Å². The number of piperidine rings is 1. The SMILES string of the molecule is CCO[C@H]1CC[C@H](CC(=O)N[C@H]2CC[C@H](CCN3CCC(C(=O)c4ccc(F)cc4)CC3)CC2)CC1. The first-order valence-corrected chi connectivity index (χ1v) is 14.4. The third-order valence-corrected chi connectivity index (χ3v) is 8.82. The molecule has 1 saturated heterocycles. The maximum atomic E-state index is 13.1. The van der Waals surface area contributed by atoms with E-state index >= 15 is 0 Å². The van der Waals surface area contributed by atoms with Gasteiger partial charge in [-0.05, 0) is 133 Å². The van der Waals surface area contributed by atoms with Crippen molar-refractivity contribution in [2.45, 2.75) is 96.1 Å². The molecule has 36 heavy (non-hydrogen) atoms. The highest BCUT2D eigenvalue weighted by Crippen LogP contribution is 2.30. The molecular formula is C30H45FN2O3. The Labute approximate surface area is 216 Å². The first-order valence-electron chi connectivity index (χ1n) is 14.4. The van der Waals surface area contributed by atoms with Crippen LogP contribution in [0.15, 0.2) is 24.3 Å². The number of ether oxygens (including phenoxy) is 1. The number of hydrogen-bond acceptors (Lipinski definition) is 4. The summed E-state index contributed by atoms with van der Waals surface area (Å²) in [5.41, 5.74) is 0.632. The van der Waals surface area contributed by atoms with Crippen LogP contribution in [0.4, 0.5) is 4.39 Å². The van der Waals surface area contributed by atoms with Gasteiger partial charge in [0, 0.05) is 30.6 Å². The van der Waals surface area contributed by atoms with Crippen molar-refractivity contribution >= 4 is 11.7 Å². The van der Waals surface area contributed by atoms with Crippen molar-refractivity contribution in [3.63, 3.8) is 0 Å². The Kier molecular flexibility index (Phi) is 10.3. The summed E-state index contributed by atoms with van der Waals surface area (Å²) in [6.45, 7) is 5.88. The van der Waals surface area contributed by atoms with Gasteiger partial charge in [0.05, 0.1) is 6.10 Å². The van der Waals surface area contributed by atoms with Gasteiger partial charge in [0.15, 0.2) is 5.78 Å². The number of carbonyl (C=O) groups is 2. The summed E-state index contributed by atoms with van der Waals surface area (Å²) in [5.74, 6) is 1.43. The average molecular weight is 501 g/mol. The second kappa shape index (κ2) is 13.7. The van der Waals surface area contributed by atoms with E-state index in [0.717, 1.165) is 83.5 Å². The lowest BCUT2D eigenvalue weighted by Gasteiger charge is -2.34. The fourth-order valence-corrected chi connectivity index (χ4v) is 6.52. The summed E-state index contributed by atoms with van der Waals surface area (Å²) in [7, 11) is 0. The molecule has 6 heteroatoms. The minimum Gasteiger partial charge on any atom is -0.379 e. The van der Waals surface area contributed by atoms with Crippen molar-refractivity contribution < 1.29 is 18.7 Å². The van der Waals surface area contributed by atoms with Crippen molar-refractivity contribution in [1.29, 1.82) is 0 Å². The van der Waals surface area contributed by atoms with Gasteiger partial charge in [-0.25, -0.2) is 4.39 Å². The van der Waals surface area contributed by atoms with Crippen molar-refractivity contribution in [3.05, 3.63) is 35.6 Å². The van der Waals surface area contributed by atoms with Gasteiger partial charge >= 0.3 is 0 Å². The predicted octanol–water partition coefficient (Wildman–Crippen LogP) is 5.77. The highest BCUT2D eigenvalue weighted by molar-refractivity contribution is 5.97. The molecule has 1 aromatic carbocycles. The maximum Gasteiger partial charge on any atom is 0.220 e. The van der Waals surface area contributed by atoms with Crippen LogP contribution in [0, 0.1) is 23.6 Å². The summed E-state index contributed by atoms with van der Waals surface area (Å²) < 4.78 is 18.9. The quantitative estimate of drug-likeness (QED) is 0.414. The van der Waals surface area contributed by atoms with Crippen molar-refractivity contribution in [2.75, 3.05) is 26.2 Å². The van der Waals surface area contributed by atoms with Crippen LogP contribution >= 0.6 is 0 Å². The molecule has 4 rings (SSSR count). The Hall–Kier alpha value is -1.79. The van der Waals surface area contributed by atoms with Crippen molar-refractivity contribution in [3.8, 4) is 0 Å². The normalized spacial score (nSPS) is 28.1. The molecule has 5 nitrogen and oxygen atoms in total. The topological polar surface area (TPSA) is 58.6 Å². The van der Waals surface area contributed by atoms with Crippen molar-refractivity contribution in [1.82, 2.24) is 10.2 Å². The van der Waals surface area contributed by atoms with Crippen LogP contribution < -0.4 is 5.32 Å². The zero-order valence-electron chi connectivity index (χ0n) is 22.1. The van der Waals surface area contributed by atoms with Gasteiger partial charge < -0.3 is 15.0 Å². The second-order valence-corrected chi connectivity index (χ2v) is 11.4. The molecule has 0 unspecified atom stereocenters. The molecule has 1 aliphatic heterocycles. The number of Topliss-reactive ketones (excluding diaryl/α,β-unsaturated/α-hetero) is 1. The maximum absolute atomic E-state index is 13.1. The van der Waals surface area contributed by atoms with Crippen LogP contribution in [0.3, 0.4) is 0 Å². The Morgan fingerprint density at radius 2 is 1.56 bits per heavy atom. The molecule has 3 aliphatic rings. The van der Waals surface area contributed by atoms with E-state index in [1.54, 1.807) is 12.1 Å². The molecule has 0 radical (unpaired) electrons. The Bertz CT molecular complexity index is 821. The van der Waals surface area contributed by atoms with Crippen LogP contribution in [0.25, 0.3) is 0 Å². The number of carbonyl (C=O) groups excluding carboxylic acids is 2. The summed E-state index contributed by atoms with van der Waals surface area (Å²) in [6, 6.07) is 6.31. The third-order valence-electron chi connectivity index (χ3n) is 8.82. The lowest BCUT2D eigenvalue weighted by atomic mass is 9.83. The van der Waals surface area contributed by atoms with Gasteiger partial charge in [-0.1, -0.05) is 0 Å². The Balaban J connectivity index is 1.07. The molecule has 0 atom stereocenters. The molecule has 0 bridgehead atoms. The fraction of sp³-hybridized carbons (Fsp3) is 0.733. The van der Waals surface area contributed by atoms with Crippen LogP contribution in [-0.4, -0.2) is 55.0 Å². The number of nitrogens with zero attached hydrogens (tertiary/aromatic N) is 1. The molecule has 0 spiro atoms. The number of likely N-dealkylation sites (tertiary alicyclic amines) is 1.